The molecule has 3 aromatic rings. The minimum atomic E-state index is -2.91. The summed E-state index contributed by atoms with van der Waals surface area (Å²) in [5.41, 5.74) is 0.505. The summed E-state index contributed by atoms with van der Waals surface area (Å²) < 4.78 is 41.6. The molecule has 0 saturated carbocycles. The number of alkyl halides is 2. The smallest absolute Gasteiger partial charge is 0.282 e. The van der Waals surface area contributed by atoms with Crippen molar-refractivity contribution in [3.63, 3.8) is 0 Å². The number of benzene rings is 2. The van der Waals surface area contributed by atoms with Gasteiger partial charge < -0.3 is 5.32 Å². The first-order valence-corrected chi connectivity index (χ1v) is 8.82. The number of halogens is 5. The lowest BCUT2D eigenvalue weighted by Crippen LogP contribution is -2.15. The third kappa shape index (κ3) is 3.86. The average molecular weight is 428 g/mol. The van der Waals surface area contributed by atoms with Crippen LogP contribution < -0.4 is 5.32 Å². The number of nitrogens with one attached hydrogen (secondary N) is 1. The van der Waals surface area contributed by atoms with Crippen LogP contribution >= 0.6 is 23.2 Å². The Kier molecular flexibility index (Phi) is 5.67. The van der Waals surface area contributed by atoms with Crippen molar-refractivity contribution in [3.8, 4) is 11.1 Å². The van der Waals surface area contributed by atoms with Gasteiger partial charge in [0.1, 0.15) is 11.5 Å². The standard InChI is InChI=1S/C19H14Cl2F3N3O/c1-9-16(17(18(23)24)26-27(9)2)19(28)25-15-6-4-11(22)8-12(15)10-3-5-13(20)14(21)7-10/h3-8,18H,1-2H3,(H,25,28). The number of anilines is 1. The second-order valence-electron chi connectivity index (χ2n) is 6.04. The molecule has 1 heterocycles. The topological polar surface area (TPSA) is 46.9 Å². The Morgan fingerprint density at radius 2 is 1.86 bits per heavy atom. The van der Waals surface area contributed by atoms with Gasteiger partial charge in [-0.2, -0.15) is 5.10 Å². The maximum Gasteiger partial charge on any atom is 0.282 e. The van der Waals surface area contributed by atoms with Crippen LogP contribution in [0.2, 0.25) is 10.0 Å². The van der Waals surface area contributed by atoms with Crippen LogP contribution in [0.15, 0.2) is 36.4 Å². The van der Waals surface area contributed by atoms with E-state index in [1.54, 1.807) is 6.07 Å². The van der Waals surface area contributed by atoms with Crippen molar-refractivity contribution >= 4 is 34.8 Å². The number of aromatic nitrogens is 2. The normalized spacial score (nSPS) is 11.1. The Bertz CT molecular complexity index is 1070. The fraction of sp³-hybridized carbons (Fsp3) is 0.158. The fourth-order valence-corrected chi connectivity index (χ4v) is 3.08. The van der Waals surface area contributed by atoms with E-state index in [9.17, 15) is 18.0 Å². The minimum absolute atomic E-state index is 0.220. The summed E-state index contributed by atoms with van der Waals surface area (Å²) in [4.78, 5) is 12.7. The van der Waals surface area contributed by atoms with Gasteiger partial charge in [0.25, 0.3) is 12.3 Å². The Morgan fingerprint density at radius 1 is 1.14 bits per heavy atom. The summed E-state index contributed by atoms with van der Waals surface area (Å²) >= 11 is 11.9. The zero-order valence-corrected chi connectivity index (χ0v) is 16.2. The number of nitrogens with zero attached hydrogens (tertiary/aromatic N) is 2. The first-order valence-electron chi connectivity index (χ1n) is 8.07. The Morgan fingerprint density at radius 3 is 2.50 bits per heavy atom. The molecule has 0 fully saturated rings. The van der Waals surface area contributed by atoms with E-state index in [0.717, 1.165) is 6.07 Å². The number of carbonyl (C=O) groups is 1. The van der Waals surface area contributed by atoms with Gasteiger partial charge in [0.05, 0.1) is 15.6 Å². The minimum Gasteiger partial charge on any atom is -0.321 e. The van der Waals surface area contributed by atoms with E-state index in [4.69, 9.17) is 23.2 Å². The van der Waals surface area contributed by atoms with E-state index in [1.165, 1.54) is 42.9 Å². The first kappa shape index (κ1) is 20.2. The van der Waals surface area contributed by atoms with Gasteiger partial charge in [-0.05, 0) is 42.8 Å². The van der Waals surface area contributed by atoms with Crippen LogP contribution in [0.25, 0.3) is 11.1 Å². The summed E-state index contributed by atoms with van der Waals surface area (Å²) in [7, 11) is 1.47. The Hall–Kier alpha value is -2.51. The molecule has 3 rings (SSSR count). The van der Waals surface area contributed by atoms with Gasteiger partial charge in [-0.1, -0.05) is 29.3 Å². The van der Waals surface area contributed by atoms with Crippen molar-refractivity contribution < 1.29 is 18.0 Å². The molecule has 28 heavy (non-hydrogen) atoms. The molecule has 0 aliphatic heterocycles. The molecule has 0 bridgehead atoms. The van der Waals surface area contributed by atoms with Crippen LogP contribution in [0.5, 0.6) is 0 Å². The summed E-state index contributed by atoms with van der Waals surface area (Å²) in [5, 5.41) is 6.84. The number of aryl methyl sites for hydroxylation is 1. The largest absolute Gasteiger partial charge is 0.321 e. The predicted octanol–water partition coefficient (Wildman–Crippen LogP) is 6.03. The van der Waals surface area contributed by atoms with Gasteiger partial charge >= 0.3 is 0 Å². The average Bonchev–Trinajstić information content (AvgIpc) is 2.94. The molecule has 0 aliphatic carbocycles. The van der Waals surface area contributed by atoms with Gasteiger partial charge in [-0.3, -0.25) is 9.48 Å². The van der Waals surface area contributed by atoms with Crippen molar-refractivity contribution in [3.05, 3.63) is 69.2 Å². The van der Waals surface area contributed by atoms with E-state index >= 15 is 0 Å². The highest BCUT2D eigenvalue weighted by Gasteiger charge is 2.26. The van der Waals surface area contributed by atoms with Crippen LogP contribution in [0.3, 0.4) is 0 Å². The molecule has 4 nitrogen and oxygen atoms in total. The van der Waals surface area contributed by atoms with Crippen LogP contribution in [0.4, 0.5) is 18.9 Å². The van der Waals surface area contributed by atoms with Gasteiger partial charge in [0, 0.05) is 24.0 Å². The molecular formula is C19H14Cl2F3N3O. The fourth-order valence-electron chi connectivity index (χ4n) is 2.78. The highest BCUT2D eigenvalue weighted by molar-refractivity contribution is 6.42. The van der Waals surface area contributed by atoms with Gasteiger partial charge in [-0.15, -0.1) is 0 Å². The summed E-state index contributed by atoms with van der Waals surface area (Å²) in [6, 6.07) is 8.38. The maximum atomic E-state index is 13.8. The van der Waals surface area contributed by atoms with Crippen LogP contribution in [0, 0.1) is 12.7 Å². The zero-order valence-electron chi connectivity index (χ0n) is 14.7. The summed E-state index contributed by atoms with van der Waals surface area (Å²) in [6.45, 7) is 1.51. The highest BCUT2D eigenvalue weighted by atomic mass is 35.5. The molecule has 0 saturated heterocycles. The zero-order chi connectivity index (χ0) is 20.6. The van der Waals surface area contributed by atoms with Gasteiger partial charge in [0.15, 0.2) is 0 Å². The van der Waals surface area contributed by atoms with E-state index < -0.39 is 23.8 Å². The number of hydrogen-bond acceptors (Lipinski definition) is 2. The molecule has 0 unspecified atom stereocenters. The molecule has 2 aromatic carbocycles. The van der Waals surface area contributed by atoms with Gasteiger partial charge in [-0.25, -0.2) is 13.2 Å². The lowest BCUT2D eigenvalue weighted by Gasteiger charge is -2.13. The second-order valence-corrected chi connectivity index (χ2v) is 6.86. The number of amides is 1. The molecule has 1 aromatic heterocycles. The predicted molar refractivity (Wildman–Crippen MR) is 103 cm³/mol. The molecular weight excluding hydrogens is 414 g/mol. The van der Waals surface area contributed by atoms with Crippen LogP contribution in [-0.2, 0) is 7.05 Å². The number of rotatable bonds is 4. The van der Waals surface area contributed by atoms with E-state index in [2.05, 4.69) is 10.4 Å². The van der Waals surface area contributed by atoms with E-state index in [1.807, 2.05) is 0 Å². The highest BCUT2D eigenvalue weighted by Crippen LogP contribution is 2.34. The van der Waals surface area contributed by atoms with Crippen LogP contribution in [0.1, 0.15) is 28.2 Å². The molecule has 1 amide bonds. The van der Waals surface area contributed by atoms with Crippen molar-refractivity contribution in [2.24, 2.45) is 7.05 Å². The van der Waals surface area contributed by atoms with Crippen molar-refractivity contribution in [1.29, 1.82) is 0 Å². The van der Waals surface area contributed by atoms with E-state index in [0.29, 0.717) is 16.1 Å². The Balaban J connectivity index is 2.04. The second kappa shape index (κ2) is 7.85. The molecule has 0 atom stereocenters. The summed E-state index contributed by atoms with van der Waals surface area (Å²) in [6.07, 6.45) is -2.91. The SMILES string of the molecule is Cc1c(C(=O)Nc2ccc(F)cc2-c2ccc(Cl)c(Cl)c2)c(C(F)F)nn1C. The molecule has 1 N–H and O–H groups in total. The van der Waals surface area contributed by atoms with Crippen molar-refractivity contribution in [1.82, 2.24) is 9.78 Å². The molecule has 146 valence electrons. The quantitative estimate of drug-likeness (QED) is 0.552. The van der Waals surface area contributed by atoms with Crippen molar-refractivity contribution in [2.75, 3.05) is 5.32 Å². The molecule has 0 spiro atoms. The third-order valence-corrected chi connectivity index (χ3v) is 4.99. The number of hydrogen-bond donors (Lipinski definition) is 1. The Labute approximate surface area is 168 Å². The van der Waals surface area contributed by atoms with E-state index in [-0.39, 0.29) is 22.0 Å². The first-order chi connectivity index (χ1) is 13.2. The lowest BCUT2D eigenvalue weighted by molar-refractivity contribution is 0.101. The third-order valence-electron chi connectivity index (χ3n) is 4.26. The summed E-state index contributed by atoms with van der Waals surface area (Å²) in [5.74, 6) is -1.31. The van der Waals surface area contributed by atoms with Crippen molar-refractivity contribution in [2.45, 2.75) is 13.3 Å². The molecule has 0 aliphatic rings. The monoisotopic (exact) mass is 427 g/mol. The lowest BCUT2D eigenvalue weighted by atomic mass is 10.0. The maximum absolute atomic E-state index is 13.8. The number of carbonyl (C=O) groups excluding carboxylic acids is 1. The van der Waals surface area contributed by atoms with Gasteiger partial charge in [0.2, 0.25) is 0 Å². The molecule has 0 radical (unpaired) electrons. The molecule has 9 heteroatoms. The van der Waals surface area contributed by atoms with Crippen LogP contribution in [-0.4, -0.2) is 15.7 Å².